The van der Waals surface area contributed by atoms with E-state index in [2.05, 4.69) is 22.3 Å². The fourth-order valence-electron chi connectivity index (χ4n) is 4.15. The lowest BCUT2D eigenvalue weighted by Gasteiger charge is -2.32. The summed E-state index contributed by atoms with van der Waals surface area (Å²) < 4.78 is 5.81. The molecule has 1 aliphatic heterocycles. The molecule has 0 spiro atoms. The van der Waals surface area contributed by atoms with Crippen LogP contribution in [0.15, 0.2) is 84.9 Å². The van der Waals surface area contributed by atoms with E-state index >= 15 is 0 Å². The molecule has 1 N–H and O–H groups in total. The molecular weight excluding hydrogens is 420 g/mol. The van der Waals surface area contributed by atoms with Crippen molar-refractivity contribution in [3.05, 3.63) is 101 Å². The number of ether oxygens (including phenoxy) is 1. The van der Waals surface area contributed by atoms with Crippen LogP contribution in [0.25, 0.3) is 0 Å². The molecule has 1 saturated heterocycles. The van der Waals surface area contributed by atoms with Gasteiger partial charge in [0.15, 0.2) is 0 Å². The Kier molecular flexibility index (Phi) is 7.81. The van der Waals surface area contributed by atoms with Crippen LogP contribution in [0.2, 0.25) is 5.02 Å². The maximum atomic E-state index is 13.1. The third-order valence-electron chi connectivity index (χ3n) is 6.00. The van der Waals surface area contributed by atoms with Crippen LogP contribution < -0.4 is 10.1 Å². The molecule has 32 heavy (non-hydrogen) atoms. The van der Waals surface area contributed by atoms with Crippen LogP contribution in [0.3, 0.4) is 0 Å². The average molecular weight is 449 g/mol. The lowest BCUT2D eigenvalue weighted by Crippen LogP contribution is -2.42. The first kappa shape index (κ1) is 22.4. The van der Waals surface area contributed by atoms with Gasteiger partial charge in [0.25, 0.3) is 0 Å². The van der Waals surface area contributed by atoms with Crippen molar-refractivity contribution in [2.24, 2.45) is 5.92 Å². The predicted molar refractivity (Wildman–Crippen MR) is 129 cm³/mol. The number of hydrogen-bond acceptors (Lipinski definition) is 3. The first-order valence-electron chi connectivity index (χ1n) is 11.2. The minimum absolute atomic E-state index is 0.0276. The number of hydrogen-bond donors (Lipinski definition) is 1. The molecule has 1 heterocycles. The summed E-state index contributed by atoms with van der Waals surface area (Å²) in [6, 6.07) is 27.5. The van der Waals surface area contributed by atoms with Gasteiger partial charge < -0.3 is 10.1 Å². The van der Waals surface area contributed by atoms with Crippen LogP contribution >= 0.6 is 11.6 Å². The number of rotatable bonds is 8. The van der Waals surface area contributed by atoms with Crippen LogP contribution in [0.1, 0.15) is 30.0 Å². The SMILES string of the molecule is O=C(NC(c1ccccc1)c1ccc(Cl)cc1)C1CCN(CCOc2ccccc2)CC1. The lowest BCUT2D eigenvalue weighted by atomic mass is 9.93. The van der Waals surface area contributed by atoms with Gasteiger partial charge in [-0.3, -0.25) is 9.69 Å². The van der Waals surface area contributed by atoms with Crippen molar-refractivity contribution in [2.75, 3.05) is 26.2 Å². The third kappa shape index (κ3) is 6.12. The molecule has 4 rings (SSSR count). The minimum atomic E-state index is -0.182. The zero-order valence-electron chi connectivity index (χ0n) is 18.1. The van der Waals surface area contributed by atoms with E-state index in [9.17, 15) is 4.79 Å². The van der Waals surface area contributed by atoms with Gasteiger partial charge in [-0.1, -0.05) is 72.3 Å². The van der Waals surface area contributed by atoms with Gasteiger partial charge in [-0.05, 0) is 61.3 Å². The summed E-state index contributed by atoms with van der Waals surface area (Å²) in [5.41, 5.74) is 2.10. The second-order valence-corrected chi connectivity index (χ2v) is 8.62. The highest BCUT2D eigenvalue weighted by Gasteiger charge is 2.27. The molecule has 1 atom stereocenters. The molecule has 1 amide bonds. The molecule has 0 saturated carbocycles. The second-order valence-electron chi connectivity index (χ2n) is 8.18. The van der Waals surface area contributed by atoms with Gasteiger partial charge in [0.05, 0.1) is 6.04 Å². The molecule has 5 heteroatoms. The third-order valence-corrected chi connectivity index (χ3v) is 6.25. The Labute approximate surface area is 195 Å². The molecule has 3 aromatic rings. The summed E-state index contributed by atoms with van der Waals surface area (Å²) in [5.74, 6) is 1.05. The monoisotopic (exact) mass is 448 g/mol. The number of likely N-dealkylation sites (tertiary alicyclic amines) is 1. The maximum Gasteiger partial charge on any atom is 0.223 e. The molecular formula is C27H29ClN2O2. The summed E-state index contributed by atoms with van der Waals surface area (Å²) in [5, 5.41) is 3.98. The van der Waals surface area contributed by atoms with Crippen molar-refractivity contribution >= 4 is 17.5 Å². The van der Waals surface area contributed by atoms with E-state index < -0.39 is 0 Å². The molecule has 166 valence electrons. The van der Waals surface area contributed by atoms with Gasteiger partial charge in [-0.2, -0.15) is 0 Å². The van der Waals surface area contributed by atoms with Gasteiger partial charge in [-0.25, -0.2) is 0 Å². The van der Waals surface area contributed by atoms with Crippen LogP contribution in [0.4, 0.5) is 0 Å². The maximum absolute atomic E-state index is 13.1. The Balaban J connectivity index is 1.31. The number of nitrogens with zero attached hydrogens (tertiary/aromatic N) is 1. The number of nitrogens with one attached hydrogen (secondary N) is 1. The first-order valence-corrected chi connectivity index (χ1v) is 11.6. The Morgan fingerprint density at radius 2 is 1.50 bits per heavy atom. The Morgan fingerprint density at radius 1 is 0.906 bits per heavy atom. The van der Waals surface area contributed by atoms with Crippen molar-refractivity contribution in [3.8, 4) is 5.75 Å². The number of amides is 1. The van der Waals surface area contributed by atoms with E-state index in [1.54, 1.807) is 0 Å². The second kappa shape index (κ2) is 11.2. The molecule has 0 aliphatic carbocycles. The van der Waals surface area contributed by atoms with E-state index in [1.165, 1.54) is 0 Å². The molecule has 0 bridgehead atoms. The molecule has 0 radical (unpaired) electrons. The van der Waals surface area contributed by atoms with Crippen molar-refractivity contribution < 1.29 is 9.53 Å². The van der Waals surface area contributed by atoms with Gasteiger partial charge in [-0.15, -0.1) is 0 Å². The number of piperidine rings is 1. The van der Waals surface area contributed by atoms with E-state index in [4.69, 9.17) is 16.3 Å². The van der Waals surface area contributed by atoms with Crippen LogP contribution in [0, 0.1) is 5.92 Å². The highest BCUT2D eigenvalue weighted by Crippen LogP contribution is 2.26. The molecule has 3 aromatic carbocycles. The summed E-state index contributed by atoms with van der Waals surface area (Å²) in [6.07, 6.45) is 1.72. The molecule has 1 aliphatic rings. The van der Waals surface area contributed by atoms with Crippen molar-refractivity contribution in [3.63, 3.8) is 0 Å². The number of halogens is 1. The van der Waals surface area contributed by atoms with Gasteiger partial charge in [0.1, 0.15) is 12.4 Å². The van der Waals surface area contributed by atoms with E-state index in [-0.39, 0.29) is 17.9 Å². The Morgan fingerprint density at radius 3 is 2.16 bits per heavy atom. The van der Waals surface area contributed by atoms with E-state index in [1.807, 2.05) is 72.8 Å². The number of carbonyl (C=O) groups is 1. The largest absolute Gasteiger partial charge is 0.492 e. The highest BCUT2D eigenvalue weighted by atomic mass is 35.5. The lowest BCUT2D eigenvalue weighted by molar-refractivity contribution is -0.127. The number of benzene rings is 3. The minimum Gasteiger partial charge on any atom is -0.492 e. The number of para-hydroxylation sites is 1. The van der Waals surface area contributed by atoms with E-state index in [0.717, 1.165) is 49.4 Å². The quantitative estimate of drug-likeness (QED) is 0.506. The summed E-state index contributed by atoms with van der Waals surface area (Å²) in [4.78, 5) is 15.5. The zero-order valence-corrected chi connectivity index (χ0v) is 18.9. The van der Waals surface area contributed by atoms with Crippen LogP contribution in [0.5, 0.6) is 5.75 Å². The fraction of sp³-hybridized carbons (Fsp3) is 0.296. The Hall–Kier alpha value is -2.82. The van der Waals surface area contributed by atoms with Gasteiger partial charge >= 0.3 is 0 Å². The van der Waals surface area contributed by atoms with Gasteiger partial charge in [0, 0.05) is 17.5 Å². The number of carbonyl (C=O) groups excluding carboxylic acids is 1. The Bertz CT molecular complexity index is 972. The topological polar surface area (TPSA) is 41.6 Å². The van der Waals surface area contributed by atoms with Crippen molar-refractivity contribution in [2.45, 2.75) is 18.9 Å². The summed E-state index contributed by atoms with van der Waals surface area (Å²) in [7, 11) is 0. The molecule has 1 unspecified atom stereocenters. The summed E-state index contributed by atoms with van der Waals surface area (Å²) in [6.45, 7) is 3.36. The predicted octanol–water partition coefficient (Wildman–Crippen LogP) is 5.34. The fourth-order valence-corrected chi connectivity index (χ4v) is 4.27. The van der Waals surface area contributed by atoms with Crippen LogP contribution in [-0.4, -0.2) is 37.0 Å². The van der Waals surface area contributed by atoms with E-state index in [0.29, 0.717) is 11.6 Å². The zero-order chi connectivity index (χ0) is 22.2. The standard InChI is InChI=1S/C27H29ClN2O2/c28-24-13-11-22(12-14-24)26(21-7-3-1-4-8-21)29-27(31)23-15-17-30(18-16-23)19-20-32-25-9-5-2-6-10-25/h1-14,23,26H,15-20H2,(H,29,31). The van der Waals surface area contributed by atoms with Crippen molar-refractivity contribution in [1.29, 1.82) is 0 Å². The highest BCUT2D eigenvalue weighted by molar-refractivity contribution is 6.30. The molecule has 4 nitrogen and oxygen atoms in total. The van der Waals surface area contributed by atoms with Crippen LogP contribution in [-0.2, 0) is 4.79 Å². The first-order chi connectivity index (χ1) is 15.7. The van der Waals surface area contributed by atoms with Crippen molar-refractivity contribution in [1.82, 2.24) is 10.2 Å². The normalized spacial score (nSPS) is 15.8. The molecule has 0 aromatic heterocycles. The molecule has 1 fully saturated rings. The smallest absolute Gasteiger partial charge is 0.223 e. The van der Waals surface area contributed by atoms with Gasteiger partial charge in [0.2, 0.25) is 5.91 Å². The average Bonchev–Trinajstić information content (AvgIpc) is 2.85. The summed E-state index contributed by atoms with van der Waals surface area (Å²) >= 11 is 6.07.